The van der Waals surface area contributed by atoms with Gasteiger partial charge in [0.15, 0.2) is 11.5 Å². The summed E-state index contributed by atoms with van der Waals surface area (Å²) >= 11 is 11.9. The molecule has 0 saturated carbocycles. The maximum absolute atomic E-state index is 6.06. The summed E-state index contributed by atoms with van der Waals surface area (Å²) in [5.74, 6) is 2.00. The Hall–Kier alpha value is -1.42. The van der Waals surface area contributed by atoms with E-state index in [1.807, 2.05) is 18.2 Å². The second kappa shape index (κ2) is 6.56. The molecule has 2 aromatic carbocycles. The van der Waals surface area contributed by atoms with Gasteiger partial charge in [0.05, 0.1) is 0 Å². The Labute approximate surface area is 133 Å². The highest BCUT2D eigenvalue weighted by atomic mass is 35.5. The molecule has 0 aromatic heterocycles. The number of hydrogen-bond donors (Lipinski definition) is 1. The van der Waals surface area contributed by atoms with E-state index in [0.29, 0.717) is 27.3 Å². The number of benzene rings is 2. The highest BCUT2D eigenvalue weighted by Gasteiger charge is 2.18. The van der Waals surface area contributed by atoms with Crippen LogP contribution in [0.5, 0.6) is 17.2 Å². The van der Waals surface area contributed by atoms with Crippen LogP contribution >= 0.6 is 23.2 Å². The Morgan fingerprint density at radius 1 is 0.952 bits per heavy atom. The van der Waals surface area contributed by atoms with Gasteiger partial charge in [-0.15, -0.1) is 0 Å². The van der Waals surface area contributed by atoms with E-state index in [2.05, 4.69) is 5.32 Å². The Morgan fingerprint density at radius 3 is 2.43 bits per heavy atom. The summed E-state index contributed by atoms with van der Waals surface area (Å²) in [6.07, 6.45) is 1.15. The second-order valence-electron chi connectivity index (χ2n) is 4.88. The normalized spacial score (nSPS) is 17.7. The van der Waals surface area contributed by atoms with Crippen LogP contribution in [-0.2, 0) is 0 Å². The van der Waals surface area contributed by atoms with Gasteiger partial charge in [-0.2, -0.15) is 0 Å². The van der Waals surface area contributed by atoms with Crippen molar-refractivity contribution in [3.05, 3.63) is 52.5 Å². The molecule has 0 bridgehead atoms. The van der Waals surface area contributed by atoms with Crippen LogP contribution in [-0.4, -0.2) is 19.2 Å². The molecular weight excluding hydrogens is 309 g/mol. The standard InChI is InChI=1S/C16H15Cl2NO2/c17-11-1-4-13(5-2-11)20-16-9-12(18)3-6-15(16)21-14-7-8-19-10-14/h1-6,9,14,19H,7-8,10H2/t14-/m0/s1. The van der Waals surface area contributed by atoms with Gasteiger partial charge in [0.2, 0.25) is 0 Å². The molecule has 5 heteroatoms. The minimum Gasteiger partial charge on any atom is -0.485 e. The Kier molecular flexibility index (Phi) is 4.54. The number of hydrogen-bond acceptors (Lipinski definition) is 3. The first-order chi connectivity index (χ1) is 10.2. The first-order valence-corrected chi connectivity index (χ1v) is 7.56. The Balaban J connectivity index is 1.81. The SMILES string of the molecule is Clc1ccc(Oc2cc(Cl)ccc2O[C@H]2CCNC2)cc1. The van der Waals surface area contributed by atoms with Gasteiger partial charge in [0.1, 0.15) is 11.9 Å². The third kappa shape index (κ3) is 3.82. The molecule has 1 N–H and O–H groups in total. The fraction of sp³-hybridized carbons (Fsp3) is 0.250. The van der Waals surface area contributed by atoms with Gasteiger partial charge in [-0.3, -0.25) is 0 Å². The molecule has 1 heterocycles. The largest absolute Gasteiger partial charge is 0.485 e. The van der Waals surface area contributed by atoms with Gasteiger partial charge in [0.25, 0.3) is 0 Å². The summed E-state index contributed by atoms with van der Waals surface area (Å²) in [4.78, 5) is 0. The second-order valence-corrected chi connectivity index (χ2v) is 5.75. The van der Waals surface area contributed by atoms with Crippen molar-refractivity contribution in [1.82, 2.24) is 5.32 Å². The van der Waals surface area contributed by atoms with E-state index in [-0.39, 0.29) is 6.10 Å². The number of nitrogens with one attached hydrogen (secondary N) is 1. The summed E-state index contributed by atoms with van der Waals surface area (Å²) < 4.78 is 11.9. The van der Waals surface area contributed by atoms with Crippen molar-refractivity contribution in [2.75, 3.05) is 13.1 Å². The van der Waals surface area contributed by atoms with E-state index < -0.39 is 0 Å². The van der Waals surface area contributed by atoms with E-state index in [1.54, 1.807) is 24.3 Å². The molecule has 0 unspecified atom stereocenters. The monoisotopic (exact) mass is 323 g/mol. The van der Waals surface area contributed by atoms with E-state index in [0.717, 1.165) is 19.5 Å². The molecular formula is C16H15Cl2NO2. The topological polar surface area (TPSA) is 30.5 Å². The van der Waals surface area contributed by atoms with Gasteiger partial charge in [-0.05, 0) is 49.4 Å². The van der Waals surface area contributed by atoms with Gasteiger partial charge < -0.3 is 14.8 Å². The van der Waals surface area contributed by atoms with Crippen LogP contribution in [0.2, 0.25) is 10.0 Å². The average molecular weight is 324 g/mol. The zero-order valence-corrected chi connectivity index (χ0v) is 12.8. The molecule has 1 aliphatic rings. The van der Waals surface area contributed by atoms with Crippen molar-refractivity contribution < 1.29 is 9.47 Å². The van der Waals surface area contributed by atoms with Crippen LogP contribution in [0.4, 0.5) is 0 Å². The van der Waals surface area contributed by atoms with Crippen molar-refractivity contribution in [3.8, 4) is 17.2 Å². The first-order valence-electron chi connectivity index (χ1n) is 6.81. The van der Waals surface area contributed by atoms with Crippen molar-refractivity contribution in [3.63, 3.8) is 0 Å². The molecule has 0 aliphatic carbocycles. The van der Waals surface area contributed by atoms with Gasteiger partial charge in [-0.1, -0.05) is 23.2 Å². The molecule has 1 aliphatic heterocycles. The zero-order chi connectivity index (χ0) is 14.7. The number of halogens is 2. The molecule has 1 saturated heterocycles. The fourth-order valence-corrected chi connectivity index (χ4v) is 2.49. The fourth-order valence-electron chi connectivity index (χ4n) is 2.20. The molecule has 1 atom stereocenters. The summed E-state index contributed by atoms with van der Waals surface area (Å²) in [5, 5.41) is 4.55. The van der Waals surface area contributed by atoms with E-state index in [9.17, 15) is 0 Å². The lowest BCUT2D eigenvalue weighted by Crippen LogP contribution is -2.19. The lowest BCUT2D eigenvalue weighted by atomic mass is 10.3. The highest BCUT2D eigenvalue weighted by Crippen LogP contribution is 2.35. The van der Waals surface area contributed by atoms with Crippen LogP contribution in [0.3, 0.4) is 0 Å². The smallest absolute Gasteiger partial charge is 0.170 e. The van der Waals surface area contributed by atoms with Crippen LogP contribution in [0.1, 0.15) is 6.42 Å². The van der Waals surface area contributed by atoms with E-state index >= 15 is 0 Å². The average Bonchev–Trinajstić information content (AvgIpc) is 2.97. The molecule has 0 radical (unpaired) electrons. The minimum absolute atomic E-state index is 0.166. The van der Waals surface area contributed by atoms with E-state index in [4.69, 9.17) is 32.7 Å². The zero-order valence-electron chi connectivity index (χ0n) is 11.3. The molecule has 3 rings (SSSR count). The van der Waals surface area contributed by atoms with Crippen LogP contribution < -0.4 is 14.8 Å². The molecule has 21 heavy (non-hydrogen) atoms. The van der Waals surface area contributed by atoms with Crippen molar-refractivity contribution in [2.45, 2.75) is 12.5 Å². The lowest BCUT2D eigenvalue weighted by molar-refractivity contribution is 0.215. The van der Waals surface area contributed by atoms with E-state index in [1.165, 1.54) is 0 Å². The van der Waals surface area contributed by atoms with Gasteiger partial charge in [-0.25, -0.2) is 0 Å². The lowest BCUT2D eigenvalue weighted by Gasteiger charge is -2.16. The van der Waals surface area contributed by atoms with Crippen molar-refractivity contribution in [2.24, 2.45) is 0 Å². The first kappa shape index (κ1) is 14.5. The van der Waals surface area contributed by atoms with Crippen LogP contribution in [0, 0.1) is 0 Å². The Bertz CT molecular complexity index is 610. The maximum Gasteiger partial charge on any atom is 0.170 e. The van der Waals surface area contributed by atoms with Gasteiger partial charge >= 0.3 is 0 Å². The minimum atomic E-state index is 0.166. The third-order valence-electron chi connectivity index (χ3n) is 3.26. The number of rotatable bonds is 4. The molecule has 1 fully saturated rings. The predicted molar refractivity (Wildman–Crippen MR) is 84.9 cm³/mol. The molecule has 0 amide bonds. The molecule has 2 aromatic rings. The van der Waals surface area contributed by atoms with Crippen molar-refractivity contribution >= 4 is 23.2 Å². The summed E-state index contributed by atoms with van der Waals surface area (Å²) in [6.45, 7) is 1.83. The highest BCUT2D eigenvalue weighted by molar-refractivity contribution is 6.31. The summed E-state index contributed by atoms with van der Waals surface area (Å²) in [5.41, 5.74) is 0. The maximum atomic E-state index is 6.06. The summed E-state index contributed by atoms with van der Waals surface area (Å²) in [7, 11) is 0. The van der Waals surface area contributed by atoms with Crippen LogP contribution in [0.25, 0.3) is 0 Å². The number of ether oxygens (including phenoxy) is 2. The predicted octanol–water partition coefficient (Wildman–Crippen LogP) is 4.53. The van der Waals surface area contributed by atoms with Crippen LogP contribution in [0.15, 0.2) is 42.5 Å². The summed E-state index contributed by atoms with van der Waals surface area (Å²) in [6, 6.07) is 12.6. The third-order valence-corrected chi connectivity index (χ3v) is 3.74. The Morgan fingerprint density at radius 2 is 1.71 bits per heavy atom. The van der Waals surface area contributed by atoms with Crippen molar-refractivity contribution in [1.29, 1.82) is 0 Å². The van der Waals surface area contributed by atoms with Gasteiger partial charge in [0, 0.05) is 22.7 Å². The molecule has 110 valence electrons. The molecule has 3 nitrogen and oxygen atoms in total. The molecule has 0 spiro atoms. The quantitative estimate of drug-likeness (QED) is 0.896.